The van der Waals surface area contributed by atoms with Crippen LogP contribution < -0.4 is 10.6 Å². The molecule has 0 spiro atoms. The van der Waals surface area contributed by atoms with Gasteiger partial charge in [0.1, 0.15) is 11.9 Å². The Labute approximate surface area is 155 Å². The number of halogens is 1. The van der Waals surface area contributed by atoms with Gasteiger partial charge in [0, 0.05) is 12.6 Å². The van der Waals surface area contributed by atoms with E-state index in [0.717, 1.165) is 10.6 Å². The molecule has 4 amide bonds. The van der Waals surface area contributed by atoms with Gasteiger partial charge >= 0.3 is 6.03 Å². The minimum atomic E-state index is -0.758. The molecule has 27 heavy (non-hydrogen) atoms. The van der Waals surface area contributed by atoms with Crippen molar-refractivity contribution in [3.05, 3.63) is 65.7 Å². The molecule has 0 bridgehead atoms. The topological polar surface area (TPSA) is 91.4 Å². The number of aromatic nitrogens is 1. The van der Waals surface area contributed by atoms with E-state index < -0.39 is 23.8 Å². The Morgan fingerprint density at radius 1 is 1.22 bits per heavy atom. The predicted molar refractivity (Wildman–Crippen MR) is 94.6 cm³/mol. The Morgan fingerprint density at radius 2 is 2.07 bits per heavy atom. The molecule has 1 aromatic heterocycles. The lowest BCUT2D eigenvalue weighted by Crippen LogP contribution is -2.32. The number of hydrogen-bond acceptors (Lipinski definition) is 4. The Bertz CT molecular complexity index is 844. The first kappa shape index (κ1) is 18.5. The summed E-state index contributed by atoms with van der Waals surface area (Å²) in [7, 11) is 0. The lowest BCUT2D eigenvalue weighted by atomic mass is 10.1. The van der Waals surface area contributed by atoms with Crippen LogP contribution in [-0.2, 0) is 22.7 Å². The van der Waals surface area contributed by atoms with Gasteiger partial charge in [0.05, 0.1) is 18.8 Å². The van der Waals surface area contributed by atoms with Crippen LogP contribution in [0.5, 0.6) is 0 Å². The third kappa shape index (κ3) is 4.87. The van der Waals surface area contributed by atoms with Crippen LogP contribution in [0.1, 0.15) is 24.1 Å². The summed E-state index contributed by atoms with van der Waals surface area (Å²) in [6.45, 7) is 0.293. The van der Waals surface area contributed by atoms with Crippen LogP contribution in [-0.4, -0.2) is 33.8 Å². The molecule has 8 heteroatoms. The van der Waals surface area contributed by atoms with Crippen molar-refractivity contribution in [2.45, 2.75) is 32.0 Å². The number of imide groups is 1. The number of nitrogens with zero attached hydrogens (tertiary/aromatic N) is 2. The van der Waals surface area contributed by atoms with Crippen molar-refractivity contribution in [2.24, 2.45) is 0 Å². The Morgan fingerprint density at radius 3 is 2.81 bits per heavy atom. The fraction of sp³-hybridized carbons (Fsp3) is 0.263. The van der Waals surface area contributed by atoms with Crippen molar-refractivity contribution in [1.29, 1.82) is 0 Å². The maximum Gasteiger partial charge on any atom is 0.325 e. The summed E-state index contributed by atoms with van der Waals surface area (Å²) in [5, 5.41) is 5.29. The number of hydrogen-bond donors (Lipinski definition) is 2. The summed E-state index contributed by atoms with van der Waals surface area (Å²) in [5.41, 5.74) is 1.25. The Balaban J connectivity index is 1.49. The largest absolute Gasteiger partial charge is 0.350 e. The lowest BCUT2D eigenvalue weighted by molar-refractivity contribution is -0.128. The first-order valence-corrected chi connectivity index (χ1v) is 8.56. The second-order valence-corrected chi connectivity index (χ2v) is 6.19. The Hall–Kier alpha value is -3.29. The molecule has 1 saturated heterocycles. The summed E-state index contributed by atoms with van der Waals surface area (Å²) < 4.78 is 13.3. The number of pyridine rings is 1. The summed E-state index contributed by atoms with van der Waals surface area (Å²) in [6.07, 6.45) is 1.93. The lowest BCUT2D eigenvalue weighted by Gasteiger charge is -2.13. The number of amides is 4. The molecule has 1 fully saturated rings. The molecule has 3 rings (SSSR count). The first-order valence-electron chi connectivity index (χ1n) is 8.56. The van der Waals surface area contributed by atoms with Gasteiger partial charge in [-0.3, -0.25) is 19.5 Å². The molecular weight excluding hydrogens is 351 g/mol. The number of benzene rings is 1. The maximum absolute atomic E-state index is 13.3. The van der Waals surface area contributed by atoms with Gasteiger partial charge in [-0.2, -0.15) is 0 Å². The molecule has 1 aliphatic rings. The molecule has 0 saturated carbocycles. The summed E-state index contributed by atoms with van der Waals surface area (Å²) in [5.74, 6) is -1.08. The van der Waals surface area contributed by atoms with Crippen molar-refractivity contribution in [3.8, 4) is 0 Å². The van der Waals surface area contributed by atoms with Crippen molar-refractivity contribution < 1.29 is 18.8 Å². The molecule has 1 aromatic carbocycles. The molecule has 0 aliphatic carbocycles. The molecule has 0 unspecified atom stereocenters. The fourth-order valence-corrected chi connectivity index (χ4v) is 2.80. The highest BCUT2D eigenvalue weighted by molar-refractivity contribution is 6.04. The smallest absolute Gasteiger partial charge is 0.325 e. The van der Waals surface area contributed by atoms with Gasteiger partial charge < -0.3 is 10.6 Å². The molecule has 2 aromatic rings. The minimum absolute atomic E-state index is 0.00913. The predicted octanol–water partition coefficient (Wildman–Crippen LogP) is 1.74. The average molecular weight is 370 g/mol. The van der Waals surface area contributed by atoms with E-state index in [1.807, 2.05) is 6.07 Å². The Kier molecular flexibility index (Phi) is 5.75. The van der Waals surface area contributed by atoms with E-state index in [2.05, 4.69) is 15.6 Å². The van der Waals surface area contributed by atoms with E-state index in [9.17, 15) is 18.8 Å². The van der Waals surface area contributed by atoms with Crippen molar-refractivity contribution in [3.63, 3.8) is 0 Å². The van der Waals surface area contributed by atoms with Gasteiger partial charge in [-0.25, -0.2) is 9.18 Å². The normalized spacial score (nSPS) is 16.3. The van der Waals surface area contributed by atoms with Crippen LogP contribution in [0, 0.1) is 5.82 Å². The minimum Gasteiger partial charge on any atom is -0.350 e. The third-order valence-electron chi connectivity index (χ3n) is 4.19. The standard InChI is InChI=1S/C19H19FN4O3/c20-14-5-3-4-13(10-14)12-24-18(26)16(23-19(24)27)7-8-17(25)22-11-15-6-1-2-9-21-15/h1-6,9-10,16H,7-8,11-12H2,(H,22,25)(H,23,27)/t16-/m0/s1. The zero-order valence-corrected chi connectivity index (χ0v) is 14.5. The first-order chi connectivity index (χ1) is 13.0. The number of carbonyl (C=O) groups is 3. The molecule has 1 atom stereocenters. The SMILES string of the molecule is O=C(CC[C@@H]1NC(=O)N(Cc2cccc(F)c2)C1=O)NCc1ccccn1. The van der Waals surface area contributed by atoms with E-state index >= 15 is 0 Å². The van der Waals surface area contributed by atoms with E-state index in [4.69, 9.17) is 0 Å². The highest BCUT2D eigenvalue weighted by Gasteiger charge is 2.37. The van der Waals surface area contributed by atoms with Crippen LogP contribution >= 0.6 is 0 Å². The van der Waals surface area contributed by atoms with Gasteiger partial charge in [0.2, 0.25) is 5.91 Å². The zero-order valence-electron chi connectivity index (χ0n) is 14.5. The molecule has 2 heterocycles. The third-order valence-corrected chi connectivity index (χ3v) is 4.19. The van der Waals surface area contributed by atoms with Crippen LogP contribution in [0.25, 0.3) is 0 Å². The van der Waals surface area contributed by atoms with Crippen molar-refractivity contribution in [2.75, 3.05) is 0 Å². The number of urea groups is 1. The van der Waals surface area contributed by atoms with Gasteiger partial charge in [-0.15, -0.1) is 0 Å². The number of rotatable bonds is 7. The second kappa shape index (κ2) is 8.39. The molecule has 0 radical (unpaired) electrons. The van der Waals surface area contributed by atoms with Crippen LogP contribution in [0.15, 0.2) is 48.7 Å². The monoisotopic (exact) mass is 370 g/mol. The zero-order chi connectivity index (χ0) is 19.2. The van der Waals surface area contributed by atoms with E-state index in [-0.39, 0.29) is 25.3 Å². The second-order valence-electron chi connectivity index (χ2n) is 6.19. The van der Waals surface area contributed by atoms with Crippen LogP contribution in [0.2, 0.25) is 0 Å². The number of nitrogens with one attached hydrogen (secondary N) is 2. The number of carbonyl (C=O) groups excluding carboxylic acids is 3. The quantitative estimate of drug-likeness (QED) is 0.727. The van der Waals surface area contributed by atoms with Gasteiger partial charge in [-0.05, 0) is 36.2 Å². The highest BCUT2D eigenvalue weighted by atomic mass is 19.1. The average Bonchev–Trinajstić information content (AvgIpc) is 2.93. The van der Waals surface area contributed by atoms with E-state index in [1.165, 1.54) is 18.2 Å². The molecule has 140 valence electrons. The van der Waals surface area contributed by atoms with E-state index in [0.29, 0.717) is 12.1 Å². The van der Waals surface area contributed by atoms with Crippen LogP contribution in [0.4, 0.5) is 9.18 Å². The fourth-order valence-electron chi connectivity index (χ4n) is 2.80. The van der Waals surface area contributed by atoms with E-state index in [1.54, 1.807) is 24.4 Å². The molecular formula is C19H19FN4O3. The van der Waals surface area contributed by atoms with Crippen molar-refractivity contribution >= 4 is 17.8 Å². The van der Waals surface area contributed by atoms with Crippen LogP contribution in [0.3, 0.4) is 0 Å². The van der Waals surface area contributed by atoms with Crippen molar-refractivity contribution in [1.82, 2.24) is 20.5 Å². The van der Waals surface area contributed by atoms with Gasteiger partial charge in [0.15, 0.2) is 0 Å². The summed E-state index contributed by atoms with van der Waals surface area (Å²) >= 11 is 0. The maximum atomic E-state index is 13.3. The highest BCUT2D eigenvalue weighted by Crippen LogP contribution is 2.15. The molecule has 2 N–H and O–H groups in total. The van der Waals surface area contributed by atoms with Gasteiger partial charge in [0.25, 0.3) is 5.91 Å². The molecule has 7 nitrogen and oxygen atoms in total. The molecule has 1 aliphatic heterocycles. The summed E-state index contributed by atoms with van der Waals surface area (Å²) in [6, 6.07) is 9.85. The van der Waals surface area contributed by atoms with Gasteiger partial charge in [-0.1, -0.05) is 18.2 Å². The summed E-state index contributed by atoms with van der Waals surface area (Å²) in [4.78, 5) is 41.5.